The van der Waals surface area contributed by atoms with Crippen molar-refractivity contribution >= 4 is 17.5 Å². The maximum atomic E-state index is 12.3. The van der Waals surface area contributed by atoms with Crippen molar-refractivity contribution in [2.24, 2.45) is 0 Å². The Bertz CT molecular complexity index is 610. The topological polar surface area (TPSA) is 34.5 Å². The maximum absolute atomic E-state index is 12.3. The first-order valence-corrected chi connectivity index (χ1v) is 8.15. The quantitative estimate of drug-likeness (QED) is 0.695. The van der Waals surface area contributed by atoms with Crippen LogP contribution in [-0.2, 0) is 22.6 Å². The number of carbonyl (C=O) groups is 1. The first kappa shape index (κ1) is 17.6. The Kier molecular flexibility index (Phi) is 6.68. The maximum Gasteiger partial charge on any atom is 0.240 e. The van der Waals surface area contributed by atoms with Crippen molar-refractivity contribution in [1.29, 1.82) is 0 Å². The molecule has 1 aromatic carbocycles. The summed E-state index contributed by atoms with van der Waals surface area (Å²) in [5.74, 6) is -0.0730. The zero-order valence-corrected chi connectivity index (χ0v) is 14.4. The van der Waals surface area contributed by atoms with Crippen molar-refractivity contribution in [2.75, 3.05) is 20.3 Å². The normalized spacial score (nSPS) is 12.1. The summed E-state index contributed by atoms with van der Waals surface area (Å²) in [7, 11) is 1.63. The van der Waals surface area contributed by atoms with Gasteiger partial charge in [0, 0.05) is 32.1 Å². The van der Waals surface area contributed by atoms with Gasteiger partial charge in [-0.05, 0) is 24.6 Å². The highest BCUT2D eigenvalue weighted by molar-refractivity contribution is 6.30. The molecular formula is C18H23ClN2O2. The second-order valence-corrected chi connectivity index (χ2v) is 6.14. The van der Waals surface area contributed by atoms with Gasteiger partial charge in [-0.15, -0.1) is 11.6 Å². The summed E-state index contributed by atoms with van der Waals surface area (Å²) in [6.07, 6.45) is 2.03. The molecule has 0 aliphatic carbocycles. The van der Waals surface area contributed by atoms with Crippen LogP contribution in [0.5, 0.6) is 0 Å². The van der Waals surface area contributed by atoms with E-state index in [1.165, 1.54) is 5.56 Å². The van der Waals surface area contributed by atoms with E-state index in [4.69, 9.17) is 16.3 Å². The fourth-order valence-corrected chi connectivity index (χ4v) is 2.58. The largest absolute Gasteiger partial charge is 0.383 e. The first-order chi connectivity index (χ1) is 11.1. The average Bonchev–Trinajstić information content (AvgIpc) is 2.98. The van der Waals surface area contributed by atoms with E-state index >= 15 is 0 Å². The van der Waals surface area contributed by atoms with Crippen molar-refractivity contribution in [3.63, 3.8) is 0 Å². The predicted molar refractivity (Wildman–Crippen MR) is 92.6 cm³/mol. The van der Waals surface area contributed by atoms with E-state index in [0.717, 1.165) is 12.2 Å². The van der Waals surface area contributed by atoms with Crippen LogP contribution in [0, 0.1) is 0 Å². The lowest BCUT2D eigenvalue weighted by atomic mass is 10.2. The van der Waals surface area contributed by atoms with Crippen LogP contribution in [0.4, 0.5) is 0 Å². The number of hydrogen-bond acceptors (Lipinski definition) is 2. The molecule has 0 saturated carbocycles. The van der Waals surface area contributed by atoms with Crippen LogP contribution < -0.4 is 0 Å². The molecule has 0 radical (unpaired) electrons. The summed E-state index contributed by atoms with van der Waals surface area (Å²) >= 11 is 5.97. The van der Waals surface area contributed by atoms with Crippen LogP contribution >= 0.6 is 11.6 Å². The van der Waals surface area contributed by atoms with Gasteiger partial charge >= 0.3 is 0 Å². The zero-order valence-electron chi connectivity index (χ0n) is 13.6. The van der Waals surface area contributed by atoms with Gasteiger partial charge in [0.1, 0.15) is 5.38 Å². The van der Waals surface area contributed by atoms with Gasteiger partial charge in [0.2, 0.25) is 5.91 Å². The fourth-order valence-electron chi connectivity index (χ4n) is 2.44. The Morgan fingerprint density at radius 1 is 1.26 bits per heavy atom. The van der Waals surface area contributed by atoms with Crippen LogP contribution in [0.25, 0.3) is 0 Å². The summed E-state index contributed by atoms with van der Waals surface area (Å²) in [5.41, 5.74) is 2.31. The van der Waals surface area contributed by atoms with E-state index in [1.807, 2.05) is 36.5 Å². The molecule has 0 aliphatic rings. The van der Waals surface area contributed by atoms with Crippen molar-refractivity contribution in [1.82, 2.24) is 9.47 Å². The zero-order chi connectivity index (χ0) is 16.7. The predicted octanol–water partition coefficient (Wildman–Crippen LogP) is 3.14. The Balaban J connectivity index is 2.11. The Hall–Kier alpha value is -1.78. The number of ether oxygens (including phenoxy) is 1. The molecule has 5 heteroatoms. The van der Waals surface area contributed by atoms with Gasteiger partial charge in [0.15, 0.2) is 0 Å². The molecule has 1 heterocycles. The average molecular weight is 335 g/mol. The molecule has 4 nitrogen and oxygen atoms in total. The minimum Gasteiger partial charge on any atom is -0.383 e. The Labute approximate surface area is 142 Å². The van der Waals surface area contributed by atoms with E-state index in [2.05, 4.69) is 16.7 Å². The lowest BCUT2D eigenvalue weighted by Crippen LogP contribution is -2.38. The molecule has 1 atom stereocenters. The highest BCUT2D eigenvalue weighted by atomic mass is 35.5. The number of aromatic nitrogens is 1. The summed E-state index contributed by atoms with van der Waals surface area (Å²) in [4.78, 5) is 14.0. The molecule has 1 aromatic heterocycles. The first-order valence-electron chi connectivity index (χ1n) is 7.71. The smallest absolute Gasteiger partial charge is 0.240 e. The summed E-state index contributed by atoms with van der Waals surface area (Å²) in [6, 6.07) is 14.3. The van der Waals surface area contributed by atoms with Gasteiger partial charge in [0.25, 0.3) is 0 Å². The Morgan fingerprint density at radius 2 is 2.00 bits per heavy atom. The van der Waals surface area contributed by atoms with Crippen LogP contribution in [-0.4, -0.2) is 41.0 Å². The number of carbonyl (C=O) groups excluding carboxylic acids is 1. The fraction of sp³-hybridized carbons (Fsp3) is 0.389. The molecule has 0 aliphatic heterocycles. The number of benzene rings is 1. The number of alkyl halides is 1. The molecule has 2 rings (SSSR count). The molecule has 0 unspecified atom stereocenters. The van der Waals surface area contributed by atoms with E-state index < -0.39 is 5.38 Å². The van der Waals surface area contributed by atoms with Gasteiger partial charge in [-0.1, -0.05) is 30.3 Å². The second-order valence-electron chi connectivity index (χ2n) is 5.48. The summed E-state index contributed by atoms with van der Waals surface area (Å²) < 4.78 is 7.26. The molecule has 0 bridgehead atoms. The lowest BCUT2D eigenvalue weighted by Gasteiger charge is -2.24. The second kappa shape index (κ2) is 8.75. The minimum atomic E-state index is -0.538. The van der Waals surface area contributed by atoms with Gasteiger partial charge in [-0.2, -0.15) is 0 Å². The molecule has 0 spiro atoms. The molecular weight excluding hydrogens is 312 g/mol. The summed E-state index contributed by atoms with van der Waals surface area (Å²) in [6.45, 7) is 4.04. The van der Waals surface area contributed by atoms with Crippen LogP contribution in [0.1, 0.15) is 18.2 Å². The molecule has 124 valence electrons. The Morgan fingerprint density at radius 3 is 2.65 bits per heavy atom. The third-order valence-corrected chi connectivity index (χ3v) is 3.88. The monoisotopic (exact) mass is 334 g/mol. The number of halogens is 1. The van der Waals surface area contributed by atoms with Gasteiger partial charge in [-0.3, -0.25) is 4.79 Å². The SMILES string of the molecule is COCCN(Cc1cccn1Cc1ccccc1)C(=O)[C@H](C)Cl. The molecule has 1 amide bonds. The number of nitrogens with zero attached hydrogens (tertiary/aromatic N) is 2. The van der Waals surface area contributed by atoms with E-state index in [0.29, 0.717) is 19.7 Å². The number of rotatable bonds is 8. The third kappa shape index (κ3) is 5.12. The van der Waals surface area contributed by atoms with E-state index in [-0.39, 0.29) is 5.91 Å². The highest BCUT2D eigenvalue weighted by Gasteiger charge is 2.19. The van der Waals surface area contributed by atoms with Crippen LogP contribution in [0.2, 0.25) is 0 Å². The van der Waals surface area contributed by atoms with E-state index in [1.54, 1.807) is 18.9 Å². The van der Waals surface area contributed by atoms with Crippen molar-refractivity contribution in [3.8, 4) is 0 Å². The molecule has 0 saturated heterocycles. The number of hydrogen-bond donors (Lipinski definition) is 0. The highest BCUT2D eigenvalue weighted by Crippen LogP contribution is 2.12. The van der Waals surface area contributed by atoms with Gasteiger partial charge in [0.05, 0.1) is 13.2 Å². The number of amides is 1. The van der Waals surface area contributed by atoms with Crippen molar-refractivity contribution < 1.29 is 9.53 Å². The van der Waals surface area contributed by atoms with Crippen molar-refractivity contribution in [2.45, 2.75) is 25.4 Å². The molecule has 0 fully saturated rings. The molecule has 2 aromatic rings. The summed E-state index contributed by atoms with van der Waals surface area (Å²) in [5, 5.41) is -0.538. The lowest BCUT2D eigenvalue weighted by molar-refractivity contribution is -0.131. The minimum absolute atomic E-state index is 0.0730. The van der Waals surface area contributed by atoms with Gasteiger partial charge in [-0.25, -0.2) is 0 Å². The molecule has 0 N–H and O–H groups in total. The molecule has 23 heavy (non-hydrogen) atoms. The van der Waals surface area contributed by atoms with Crippen LogP contribution in [0.15, 0.2) is 48.7 Å². The standard InChI is InChI=1S/C18H23ClN2O2/c1-15(19)18(22)21(11-12-23-2)14-17-9-6-10-20(17)13-16-7-4-3-5-8-16/h3-10,15H,11-14H2,1-2H3/t15-/m0/s1. The van der Waals surface area contributed by atoms with Crippen molar-refractivity contribution in [3.05, 3.63) is 59.9 Å². The third-order valence-electron chi connectivity index (χ3n) is 3.69. The van der Waals surface area contributed by atoms with E-state index in [9.17, 15) is 4.79 Å². The number of methoxy groups -OCH3 is 1. The van der Waals surface area contributed by atoms with Crippen LogP contribution in [0.3, 0.4) is 0 Å². The van der Waals surface area contributed by atoms with Gasteiger partial charge < -0.3 is 14.2 Å².